The zero-order valence-corrected chi connectivity index (χ0v) is 16.6. The van der Waals surface area contributed by atoms with E-state index in [1.165, 1.54) is 0 Å². The Morgan fingerprint density at radius 2 is 2.07 bits per heavy atom. The van der Waals surface area contributed by atoms with E-state index in [2.05, 4.69) is 53.2 Å². The maximum absolute atomic E-state index is 12.9. The van der Waals surface area contributed by atoms with Crippen molar-refractivity contribution in [2.45, 2.75) is 47.7 Å². The summed E-state index contributed by atoms with van der Waals surface area (Å²) in [6, 6.07) is 6.01. The Labute approximate surface area is 158 Å². The second-order valence-corrected chi connectivity index (χ2v) is 8.16. The molecule has 2 aromatic heterocycles. The lowest BCUT2D eigenvalue weighted by molar-refractivity contribution is 0.101. The largest absolute Gasteiger partial charge is 0.383 e. The first-order chi connectivity index (χ1) is 12.8. The number of hydrogen-bond donors (Lipinski definition) is 2. The molecule has 0 fully saturated rings. The van der Waals surface area contributed by atoms with Crippen LogP contribution in [0.1, 0.15) is 42.5 Å². The third kappa shape index (κ3) is 3.07. The highest BCUT2D eigenvalue weighted by atomic mass is 16.2. The van der Waals surface area contributed by atoms with Crippen LogP contribution < -0.4 is 10.6 Å². The molecule has 0 bridgehead atoms. The molecule has 0 saturated heterocycles. The number of anilines is 2. The van der Waals surface area contributed by atoms with Crippen LogP contribution in [0, 0.1) is 19.3 Å². The summed E-state index contributed by atoms with van der Waals surface area (Å²) in [5.74, 6) is 0.400. The summed E-state index contributed by atoms with van der Waals surface area (Å²) in [5, 5.41) is 10.9. The number of imidazole rings is 1. The molecule has 27 heavy (non-hydrogen) atoms. The summed E-state index contributed by atoms with van der Waals surface area (Å²) in [7, 11) is 0. The van der Waals surface area contributed by atoms with Gasteiger partial charge in [0.1, 0.15) is 5.69 Å². The number of hydrogen-bond acceptors (Lipinski definition) is 4. The monoisotopic (exact) mass is 366 g/mol. The number of nitrogens with one attached hydrogen (secondary N) is 2. The Bertz CT molecular complexity index is 1040. The molecule has 3 heterocycles. The highest BCUT2D eigenvalue weighted by molar-refractivity contribution is 6.03. The second-order valence-electron chi connectivity index (χ2n) is 8.16. The van der Waals surface area contributed by atoms with Gasteiger partial charge < -0.3 is 9.88 Å². The number of rotatable bonds is 3. The molecule has 0 aliphatic carbocycles. The van der Waals surface area contributed by atoms with Crippen molar-refractivity contribution in [2.24, 2.45) is 5.41 Å². The van der Waals surface area contributed by atoms with E-state index in [1.807, 2.05) is 19.9 Å². The van der Waals surface area contributed by atoms with E-state index < -0.39 is 0 Å². The van der Waals surface area contributed by atoms with Gasteiger partial charge in [0, 0.05) is 25.0 Å². The Kier molecular flexibility index (Phi) is 3.98. The number of aryl methyl sites for hydroxylation is 3. The quantitative estimate of drug-likeness (QED) is 0.743. The summed E-state index contributed by atoms with van der Waals surface area (Å²) >= 11 is 0. The van der Waals surface area contributed by atoms with E-state index in [0.29, 0.717) is 18.2 Å². The molecule has 0 spiro atoms. The number of aromatic nitrogens is 4. The van der Waals surface area contributed by atoms with Gasteiger partial charge in [0.25, 0.3) is 5.91 Å². The zero-order chi connectivity index (χ0) is 19.3. The Morgan fingerprint density at radius 3 is 2.81 bits per heavy atom. The van der Waals surface area contributed by atoms with Crippen molar-refractivity contribution in [3.8, 4) is 0 Å². The van der Waals surface area contributed by atoms with Crippen molar-refractivity contribution in [1.82, 2.24) is 19.3 Å². The number of amides is 1. The molecule has 7 nitrogen and oxygen atoms in total. The van der Waals surface area contributed by atoms with Gasteiger partial charge in [-0.15, -0.1) is 0 Å². The number of benzene rings is 1. The lowest BCUT2D eigenvalue weighted by Gasteiger charge is -2.24. The van der Waals surface area contributed by atoms with Crippen LogP contribution in [0.5, 0.6) is 0 Å². The van der Waals surface area contributed by atoms with Crippen LogP contribution >= 0.6 is 0 Å². The maximum Gasteiger partial charge on any atom is 0.276 e. The van der Waals surface area contributed by atoms with E-state index in [9.17, 15) is 4.79 Å². The molecule has 142 valence electrons. The smallest absolute Gasteiger partial charge is 0.276 e. The van der Waals surface area contributed by atoms with Crippen LogP contribution in [0.3, 0.4) is 0 Å². The van der Waals surface area contributed by atoms with Crippen molar-refractivity contribution in [3.05, 3.63) is 35.2 Å². The van der Waals surface area contributed by atoms with Crippen LogP contribution in [0.25, 0.3) is 11.0 Å². The minimum Gasteiger partial charge on any atom is -0.383 e. The van der Waals surface area contributed by atoms with Gasteiger partial charge in [0.15, 0.2) is 0 Å². The standard InChI is InChI=1S/C20H26N6O/c1-6-26-16(9-13(3)24-26)18(27)23-19-22-15-8-12(2)7-14-17(15)25(19)11-20(4,5)10-21-14/h7-9,21H,6,10-11H2,1-5H3,(H,22,23,27). The third-order valence-electron chi connectivity index (χ3n) is 4.99. The Morgan fingerprint density at radius 1 is 1.30 bits per heavy atom. The first kappa shape index (κ1) is 17.6. The maximum atomic E-state index is 12.9. The molecule has 0 radical (unpaired) electrons. The minimum atomic E-state index is -0.183. The normalized spacial score (nSPS) is 15.4. The lowest BCUT2D eigenvalue weighted by Crippen LogP contribution is -2.27. The van der Waals surface area contributed by atoms with Crippen LogP contribution in [0.4, 0.5) is 11.6 Å². The van der Waals surface area contributed by atoms with Gasteiger partial charge in [-0.3, -0.25) is 14.8 Å². The van der Waals surface area contributed by atoms with Crippen molar-refractivity contribution in [3.63, 3.8) is 0 Å². The lowest BCUT2D eigenvalue weighted by atomic mass is 9.94. The fourth-order valence-electron chi connectivity index (χ4n) is 3.75. The Balaban J connectivity index is 1.80. The second kappa shape index (κ2) is 6.11. The first-order valence-corrected chi connectivity index (χ1v) is 9.38. The SMILES string of the molecule is CCn1nc(C)cc1C(=O)Nc1nc2cc(C)cc3c2n1CC(C)(C)CN3. The molecule has 1 aromatic carbocycles. The molecule has 1 aliphatic rings. The van der Waals surface area contributed by atoms with Crippen LogP contribution in [0.2, 0.25) is 0 Å². The molecule has 1 aliphatic heterocycles. The van der Waals surface area contributed by atoms with Gasteiger partial charge >= 0.3 is 0 Å². The fraction of sp³-hybridized carbons (Fsp3) is 0.450. The van der Waals surface area contributed by atoms with E-state index in [1.54, 1.807) is 4.68 Å². The average molecular weight is 366 g/mol. The molecule has 0 saturated carbocycles. The van der Waals surface area contributed by atoms with E-state index in [-0.39, 0.29) is 11.3 Å². The molecular weight excluding hydrogens is 340 g/mol. The highest BCUT2D eigenvalue weighted by Gasteiger charge is 2.28. The summed E-state index contributed by atoms with van der Waals surface area (Å²) in [5.41, 5.74) is 5.56. The minimum absolute atomic E-state index is 0.0296. The van der Waals surface area contributed by atoms with Crippen LogP contribution in [0.15, 0.2) is 18.2 Å². The summed E-state index contributed by atoms with van der Waals surface area (Å²) in [6.45, 7) is 12.6. The highest BCUT2D eigenvalue weighted by Crippen LogP contribution is 2.35. The molecule has 4 rings (SSSR count). The van der Waals surface area contributed by atoms with Crippen molar-refractivity contribution < 1.29 is 4.79 Å². The van der Waals surface area contributed by atoms with E-state index in [0.717, 1.165) is 41.1 Å². The van der Waals surface area contributed by atoms with Gasteiger partial charge in [0.2, 0.25) is 5.95 Å². The molecule has 2 N–H and O–H groups in total. The van der Waals surface area contributed by atoms with Crippen LogP contribution in [-0.2, 0) is 13.1 Å². The van der Waals surface area contributed by atoms with Crippen LogP contribution in [-0.4, -0.2) is 31.8 Å². The molecular formula is C20H26N6O. The molecule has 0 atom stereocenters. The third-order valence-corrected chi connectivity index (χ3v) is 4.99. The number of carbonyl (C=O) groups excluding carboxylic acids is 1. The fourth-order valence-corrected chi connectivity index (χ4v) is 3.75. The average Bonchev–Trinajstić information content (AvgIpc) is 3.08. The summed E-state index contributed by atoms with van der Waals surface area (Å²) in [4.78, 5) is 17.7. The predicted molar refractivity (Wildman–Crippen MR) is 107 cm³/mol. The topological polar surface area (TPSA) is 76.8 Å². The van der Waals surface area contributed by atoms with Gasteiger partial charge in [-0.05, 0) is 44.5 Å². The van der Waals surface area contributed by atoms with Crippen molar-refractivity contribution in [2.75, 3.05) is 17.2 Å². The Hall–Kier alpha value is -2.83. The zero-order valence-electron chi connectivity index (χ0n) is 16.6. The van der Waals surface area contributed by atoms with E-state index >= 15 is 0 Å². The van der Waals surface area contributed by atoms with Crippen molar-refractivity contribution >= 4 is 28.6 Å². The van der Waals surface area contributed by atoms with Crippen molar-refractivity contribution in [1.29, 1.82) is 0 Å². The summed E-state index contributed by atoms with van der Waals surface area (Å²) in [6.07, 6.45) is 0. The molecule has 3 aromatic rings. The number of nitrogens with zero attached hydrogens (tertiary/aromatic N) is 4. The van der Waals surface area contributed by atoms with Gasteiger partial charge in [0.05, 0.1) is 22.4 Å². The van der Waals surface area contributed by atoms with Gasteiger partial charge in [-0.2, -0.15) is 5.10 Å². The predicted octanol–water partition coefficient (Wildman–Crippen LogP) is 3.57. The molecule has 0 unspecified atom stereocenters. The number of carbonyl (C=O) groups is 1. The summed E-state index contributed by atoms with van der Waals surface area (Å²) < 4.78 is 3.85. The molecule has 1 amide bonds. The van der Waals surface area contributed by atoms with Gasteiger partial charge in [-0.25, -0.2) is 4.98 Å². The molecule has 7 heteroatoms. The van der Waals surface area contributed by atoms with E-state index in [4.69, 9.17) is 4.98 Å². The van der Waals surface area contributed by atoms with Gasteiger partial charge in [-0.1, -0.05) is 13.8 Å². The first-order valence-electron chi connectivity index (χ1n) is 9.38.